The highest BCUT2D eigenvalue weighted by Crippen LogP contribution is 2.37. The summed E-state index contributed by atoms with van der Waals surface area (Å²) in [6.45, 7) is 3.71. The second kappa shape index (κ2) is 2.89. The van der Waals surface area contributed by atoms with Crippen LogP contribution in [0.25, 0.3) is 0 Å². The van der Waals surface area contributed by atoms with Gasteiger partial charge in [-0.05, 0) is 25.0 Å². The number of nitrogens with zero attached hydrogens (tertiary/aromatic N) is 1. The van der Waals surface area contributed by atoms with Crippen LogP contribution >= 0.6 is 0 Å². The maximum Gasteiger partial charge on any atom is 0.269 e. The molecule has 0 amide bonds. The van der Waals surface area contributed by atoms with Crippen LogP contribution in [-0.4, -0.2) is 10.7 Å². The van der Waals surface area contributed by atoms with Crippen molar-refractivity contribution in [1.29, 1.82) is 0 Å². The number of hydrogen-bond donors (Lipinski definition) is 0. The maximum absolute atomic E-state index is 11.7. The molecule has 0 saturated heterocycles. The molecule has 4 heteroatoms. The molecule has 1 aliphatic carbocycles. The third-order valence-corrected chi connectivity index (χ3v) is 3.02. The van der Waals surface area contributed by atoms with Gasteiger partial charge in [-0.1, -0.05) is 6.07 Å². The van der Waals surface area contributed by atoms with Gasteiger partial charge in [0.15, 0.2) is 0 Å². The van der Waals surface area contributed by atoms with Crippen LogP contribution in [0.4, 0.5) is 5.69 Å². The highest BCUT2D eigenvalue weighted by atomic mass is 16.6. The van der Waals surface area contributed by atoms with Crippen molar-refractivity contribution in [1.82, 2.24) is 0 Å². The quantitative estimate of drug-likeness (QED) is 0.520. The number of nitro groups is 1. The minimum atomic E-state index is -0.496. The fourth-order valence-electron chi connectivity index (χ4n) is 1.99. The summed E-state index contributed by atoms with van der Waals surface area (Å²) in [5.41, 5.74) is 1.27. The Kier molecular flexibility index (Phi) is 1.89. The third kappa shape index (κ3) is 1.33. The molecule has 2 rings (SSSR count). The monoisotopic (exact) mass is 205 g/mol. The molecule has 0 radical (unpaired) electrons. The molecule has 0 bridgehead atoms. The number of carbonyl (C=O) groups is 1. The summed E-state index contributed by atoms with van der Waals surface area (Å²) < 4.78 is 0. The highest BCUT2D eigenvalue weighted by Gasteiger charge is 2.38. The second-order valence-electron chi connectivity index (χ2n) is 4.32. The zero-order valence-electron chi connectivity index (χ0n) is 8.61. The predicted octanol–water partition coefficient (Wildman–Crippen LogP) is 2.00. The Morgan fingerprint density at radius 3 is 2.67 bits per heavy atom. The van der Waals surface area contributed by atoms with Crippen molar-refractivity contribution in [3.8, 4) is 0 Å². The van der Waals surface area contributed by atoms with E-state index in [0.717, 1.165) is 11.1 Å². The van der Waals surface area contributed by atoms with Gasteiger partial charge in [-0.2, -0.15) is 0 Å². The molecule has 1 aliphatic rings. The first-order chi connectivity index (χ1) is 6.93. The first-order valence-electron chi connectivity index (χ1n) is 4.74. The first-order valence-corrected chi connectivity index (χ1v) is 4.74. The maximum atomic E-state index is 11.7. The van der Waals surface area contributed by atoms with Crippen molar-refractivity contribution in [3.05, 3.63) is 39.4 Å². The molecule has 0 N–H and O–H groups in total. The van der Waals surface area contributed by atoms with E-state index in [0.29, 0.717) is 6.42 Å². The highest BCUT2D eigenvalue weighted by molar-refractivity contribution is 5.96. The van der Waals surface area contributed by atoms with E-state index in [9.17, 15) is 14.9 Å². The molecule has 0 spiro atoms. The Bertz CT molecular complexity index is 463. The van der Waals surface area contributed by atoms with E-state index in [-0.39, 0.29) is 11.5 Å². The van der Waals surface area contributed by atoms with Gasteiger partial charge in [-0.25, -0.2) is 0 Å². The van der Waals surface area contributed by atoms with Gasteiger partial charge in [0.25, 0.3) is 5.69 Å². The normalized spacial score (nSPS) is 17.6. The van der Waals surface area contributed by atoms with Crippen molar-refractivity contribution in [3.63, 3.8) is 0 Å². The average molecular weight is 205 g/mol. The SMILES string of the molecule is CC1(C)C(=O)Cc2cc([N+](=O)[O-])ccc21. The zero-order valence-corrected chi connectivity index (χ0v) is 8.61. The third-order valence-electron chi connectivity index (χ3n) is 3.02. The molecule has 4 nitrogen and oxygen atoms in total. The van der Waals surface area contributed by atoms with Crippen molar-refractivity contribution in [2.24, 2.45) is 0 Å². The molecule has 1 aromatic rings. The van der Waals surface area contributed by atoms with Crippen LogP contribution in [0.15, 0.2) is 18.2 Å². The van der Waals surface area contributed by atoms with Gasteiger partial charge in [-0.3, -0.25) is 14.9 Å². The van der Waals surface area contributed by atoms with Gasteiger partial charge in [0.2, 0.25) is 0 Å². The Balaban J connectivity index is 2.56. The molecule has 0 saturated carbocycles. The fraction of sp³-hybridized carbons (Fsp3) is 0.364. The number of Topliss-reactive ketones (excluding diaryl/α,β-unsaturated/α-hetero) is 1. The van der Waals surface area contributed by atoms with Crippen LogP contribution < -0.4 is 0 Å². The van der Waals surface area contributed by atoms with E-state index >= 15 is 0 Å². The molecule has 1 aromatic carbocycles. The Morgan fingerprint density at radius 1 is 1.40 bits per heavy atom. The van der Waals surface area contributed by atoms with Gasteiger partial charge < -0.3 is 0 Å². The Morgan fingerprint density at radius 2 is 2.07 bits per heavy atom. The average Bonchev–Trinajstić information content (AvgIpc) is 2.38. The number of fused-ring (bicyclic) bond motifs is 1. The van der Waals surface area contributed by atoms with Gasteiger partial charge in [0.1, 0.15) is 5.78 Å². The van der Waals surface area contributed by atoms with Crippen LogP contribution in [0.5, 0.6) is 0 Å². The van der Waals surface area contributed by atoms with Crippen LogP contribution in [-0.2, 0) is 16.6 Å². The summed E-state index contributed by atoms with van der Waals surface area (Å²) in [4.78, 5) is 21.8. The first kappa shape index (κ1) is 9.83. The molecule has 0 fully saturated rings. The smallest absolute Gasteiger partial charge is 0.269 e. The van der Waals surface area contributed by atoms with Crippen molar-refractivity contribution in [2.45, 2.75) is 25.7 Å². The van der Waals surface area contributed by atoms with E-state index in [1.165, 1.54) is 12.1 Å². The van der Waals surface area contributed by atoms with E-state index in [4.69, 9.17) is 0 Å². The van der Waals surface area contributed by atoms with E-state index in [1.54, 1.807) is 6.07 Å². The van der Waals surface area contributed by atoms with Crippen LogP contribution in [0.1, 0.15) is 25.0 Å². The molecular weight excluding hydrogens is 194 g/mol. The van der Waals surface area contributed by atoms with Crippen molar-refractivity contribution >= 4 is 11.5 Å². The van der Waals surface area contributed by atoms with E-state index in [1.807, 2.05) is 13.8 Å². The fourth-order valence-corrected chi connectivity index (χ4v) is 1.99. The summed E-state index contributed by atoms with van der Waals surface area (Å²) in [5.74, 6) is 0.123. The largest absolute Gasteiger partial charge is 0.298 e. The standard InChI is InChI=1S/C11H11NO3/c1-11(2)9-4-3-8(12(14)15)5-7(9)6-10(11)13/h3-5H,6H2,1-2H3. The number of benzene rings is 1. The van der Waals surface area contributed by atoms with Gasteiger partial charge in [0, 0.05) is 24.0 Å². The number of carbonyl (C=O) groups excluding carboxylic acids is 1. The number of nitro benzene ring substituents is 1. The van der Waals surface area contributed by atoms with Crippen LogP contribution in [0.3, 0.4) is 0 Å². The lowest BCUT2D eigenvalue weighted by atomic mass is 9.86. The van der Waals surface area contributed by atoms with E-state index < -0.39 is 10.3 Å². The lowest BCUT2D eigenvalue weighted by Gasteiger charge is -2.16. The lowest BCUT2D eigenvalue weighted by molar-refractivity contribution is -0.384. The number of ketones is 1. The number of hydrogen-bond acceptors (Lipinski definition) is 3. The number of non-ortho nitro benzene ring substituents is 1. The summed E-state index contributed by atoms with van der Waals surface area (Å²) in [6.07, 6.45) is 0.310. The van der Waals surface area contributed by atoms with Crippen molar-refractivity contribution < 1.29 is 9.72 Å². The molecule has 15 heavy (non-hydrogen) atoms. The second-order valence-corrected chi connectivity index (χ2v) is 4.32. The Hall–Kier alpha value is -1.71. The molecule has 0 aliphatic heterocycles. The van der Waals surface area contributed by atoms with Gasteiger partial charge in [-0.15, -0.1) is 0 Å². The van der Waals surface area contributed by atoms with Gasteiger partial charge in [0.05, 0.1) is 4.92 Å². The summed E-state index contributed by atoms with van der Waals surface area (Å²) in [5, 5.41) is 10.6. The van der Waals surface area contributed by atoms with Crippen LogP contribution in [0.2, 0.25) is 0 Å². The molecule has 0 unspecified atom stereocenters. The molecule has 0 heterocycles. The lowest BCUT2D eigenvalue weighted by Crippen LogP contribution is -2.23. The minimum absolute atomic E-state index is 0.0549. The molecular formula is C11H11NO3. The number of rotatable bonds is 1. The Labute approximate surface area is 87.1 Å². The molecule has 0 atom stereocenters. The molecule has 0 aromatic heterocycles. The summed E-state index contributed by atoms with van der Waals surface area (Å²) >= 11 is 0. The topological polar surface area (TPSA) is 60.2 Å². The minimum Gasteiger partial charge on any atom is -0.298 e. The molecule has 78 valence electrons. The summed E-state index contributed by atoms with van der Waals surface area (Å²) in [7, 11) is 0. The van der Waals surface area contributed by atoms with Crippen molar-refractivity contribution in [2.75, 3.05) is 0 Å². The van der Waals surface area contributed by atoms with Gasteiger partial charge >= 0.3 is 0 Å². The predicted molar refractivity (Wildman–Crippen MR) is 54.8 cm³/mol. The summed E-state index contributed by atoms with van der Waals surface area (Å²) in [6, 6.07) is 4.65. The zero-order chi connectivity index (χ0) is 11.2. The van der Waals surface area contributed by atoms with E-state index in [2.05, 4.69) is 0 Å². The van der Waals surface area contributed by atoms with Crippen LogP contribution in [0, 0.1) is 10.1 Å².